The fourth-order valence-electron chi connectivity index (χ4n) is 3.96. The van der Waals surface area contributed by atoms with Crippen LogP contribution in [0.25, 0.3) is 0 Å². The van der Waals surface area contributed by atoms with E-state index in [-0.39, 0.29) is 11.5 Å². The maximum absolute atomic E-state index is 12.2. The molecule has 0 aromatic heterocycles. The Kier molecular flexibility index (Phi) is 4.08. The second-order valence-corrected chi connectivity index (χ2v) is 8.17. The van der Waals surface area contributed by atoms with Crippen molar-refractivity contribution in [2.24, 2.45) is 17.8 Å². The lowest BCUT2D eigenvalue weighted by Crippen LogP contribution is -2.67. The van der Waals surface area contributed by atoms with Crippen molar-refractivity contribution in [2.75, 3.05) is 26.2 Å². The molecule has 1 spiro atoms. The fourth-order valence-corrected chi connectivity index (χ4v) is 3.96. The minimum Gasteiger partial charge on any atom is -0.371 e. The van der Waals surface area contributed by atoms with Crippen LogP contribution in [-0.2, 0) is 14.3 Å². The van der Waals surface area contributed by atoms with E-state index in [1.54, 1.807) is 0 Å². The van der Waals surface area contributed by atoms with Crippen molar-refractivity contribution in [3.63, 3.8) is 0 Å². The molecule has 2 saturated carbocycles. The summed E-state index contributed by atoms with van der Waals surface area (Å²) >= 11 is 0. The molecular weight excluding hydrogens is 292 g/mol. The zero-order valence-corrected chi connectivity index (χ0v) is 13.9. The summed E-state index contributed by atoms with van der Waals surface area (Å²) in [6.07, 6.45) is 8.62. The molecule has 2 aliphatic carbocycles. The zero-order valence-electron chi connectivity index (χ0n) is 13.9. The van der Waals surface area contributed by atoms with Gasteiger partial charge in [-0.3, -0.25) is 9.59 Å². The van der Waals surface area contributed by atoms with Crippen LogP contribution in [0, 0.1) is 17.8 Å². The maximum atomic E-state index is 12.2. The van der Waals surface area contributed by atoms with Gasteiger partial charge in [0, 0.05) is 18.9 Å². The summed E-state index contributed by atoms with van der Waals surface area (Å²) in [5.41, 5.74) is -0.0755. The highest BCUT2D eigenvalue weighted by Crippen LogP contribution is 2.38. The molecule has 1 atom stereocenters. The lowest BCUT2D eigenvalue weighted by atomic mass is 9.79. The normalized spacial score (nSPS) is 29.7. The number of hydrogen-bond acceptors (Lipinski definition) is 3. The van der Waals surface area contributed by atoms with Crippen LogP contribution in [0.2, 0.25) is 0 Å². The molecule has 0 aromatic carbocycles. The third-order valence-electron chi connectivity index (χ3n) is 6.12. The second-order valence-electron chi connectivity index (χ2n) is 8.17. The van der Waals surface area contributed by atoms with E-state index in [0.717, 1.165) is 51.9 Å². The van der Waals surface area contributed by atoms with Crippen molar-refractivity contribution < 1.29 is 14.3 Å². The van der Waals surface area contributed by atoms with Crippen LogP contribution >= 0.6 is 0 Å². The highest BCUT2D eigenvalue weighted by Gasteiger charge is 2.49. The number of ether oxygens (including phenoxy) is 1. The molecule has 5 nitrogen and oxygen atoms in total. The Hall–Kier alpha value is -1.10. The third-order valence-corrected chi connectivity index (χ3v) is 6.12. The maximum Gasteiger partial charge on any atom is 0.225 e. The van der Waals surface area contributed by atoms with Gasteiger partial charge in [-0.2, -0.15) is 0 Å². The van der Waals surface area contributed by atoms with E-state index in [9.17, 15) is 9.59 Å². The molecule has 0 unspecified atom stereocenters. The van der Waals surface area contributed by atoms with Crippen LogP contribution < -0.4 is 5.32 Å². The van der Waals surface area contributed by atoms with Crippen molar-refractivity contribution >= 4 is 11.8 Å². The Labute approximate surface area is 138 Å². The van der Waals surface area contributed by atoms with Crippen molar-refractivity contribution in [1.82, 2.24) is 10.2 Å². The number of amides is 2. The van der Waals surface area contributed by atoms with Crippen molar-refractivity contribution in [3.8, 4) is 0 Å². The first kappa shape index (κ1) is 15.4. The average Bonchev–Trinajstić information content (AvgIpc) is 3.25. The molecule has 2 saturated heterocycles. The van der Waals surface area contributed by atoms with E-state index in [1.807, 2.05) is 4.90 Å². The zero-order chi connectivity index (χ0) is 15.9. The largest absolute Gasteiger partial charge is 0.371 e. The monoisotopic (exact) mass is 320 g/mol. The molecular formula is C18H28N2O3. The Morgan fingerprint density at radius 3 is 2.43 bits per heavy atom. The molecule has 4 rings (SSSR count). The van der Waals surface area contributed by atoms with Gasteiger partial charge in [0.25, 0.3) is 0 Å². The first-order valence-corrected chi connectivity index (χ1v) is 9.33. The van der Waals surface area contributed by atoms with Gasteiger partial charge in [-0.05, 0) is 50.4 Å². The van der Waals surface area contributed by atoms with Gasteiger partial charge in [-0.1, -0.05) is 6.42 Å². The van der Waals surface area contributed by atoms with E-state index >= 15 is 0 Å². The standard InChI is InChI=1S/C18H28N2O3/c21-16(8-13-4-5-13)19-9-14-6-7-18(23-10-14)11-20(12-18)17(22)15-2-1-3-15/h13-15H,1-12H2,(H,19,21)/t14-/m1/s1. The predicted octanol–water partition coefficient (Wildman–Crippen LogP) is 1.71. The molecule has 2 heterocycles. The summed E-state index contributed by atoms with van der Waals surface area (Å²) in [5.74, 6) is 1.93. The lowest BCUT2D eigenvalue weighted by molar-refractivity contribution is -0.192. The summed E-state index contributed by atoms with van der Waals surface area (Å²) in [5, 5.41) is 3.06. The van der Waals surface area contributed by atoms with Crippen molar-refractivity contribution in [3.05, 3.63) is 0 Å². The van der Waals surface area contributed by atoms with Crippen molar-refractivity contribution in [2.45, 2.75) is 57.0 Å². The minimum absolute atomic E-state index is 0.0755. The first-order chi connectivity index (χ1) is 11.1. The highest BCUT2D eigenvalue weighted by molar-refractivity contribution is 5.80. The van der Waals surface area contributed by atoms with E-state index < -0.39 is 0 Å². The Morgan fingerprint density at radius 2 is 1.87 bits per heavy atom. The van der Waals surface area contributed by atoms with Gasteiger partial charge in [0.2, 0.25) is 11.8 Å². The Bertz CT molecular complexity index is 469. The second kappa shape index (κ2) is 6.08. The quantitative estimate of drug-likeness (QED) is 0.839. The topological polar surface area (TPSA) is 58.6 Å². The van der Waals surface area contributed by atoms with Crippen LogP contribution in [0.15, 0.2) is 0 Å². The number of carbonyl (C=O) groups excluding carboxylic acids is 2. The van der Waals surface area contributed by atoms with E-state index in [4.69, 9.17) is 4.74 Å². The lowest BCUT2D eigenvalue weighted by Gasteiger charge is -2.54. The molecule has 4 aliphatic rings. The third kappa shape index (κ3) is 3.39. The van der Waals surface area contributed by atoms with Gasteiger partial charge >= 0.3 is 0 Å². The van der Waals surface area contributed by atoms with E-state index in [2.05, 4.69) is 5.32 Å². The molecule has 23 heavy (non-hydrogen) atoms. The van der Waals surface area contributed by atoms with Gasteiger partial charge in [-0.25, -0.2) is 0 Å². The predicted molar refractivity (Wildman–Crippen MR) is 85.7 cm³/mol. The van der Waals surface area contributed by atoms with Gasteiger partial charge in [0.05, 0.1) is 19.7 Å². The Morgan fingerprint density at radius 1 is 1.09 bits per heavy atom. The number of carbonyl (C=O) groups is 2. The molecule has 0 bridgehead atoms. The SMILES string of the molecule is O=C(CC1CC1)NC[C@H]1CCC2(CN(C(=O)C3CCC3)C2)OC1. The number of rotatable bonds is 5. The first-order valence-electron chi connectivity index (χ1n) is 9.33. The minimum atomic E-state index is -0.0755. The van der Waals surface area contributed by atoms with Crippen LogP contribution in [-0.4, -0.2) is 48.6 Å². The van der Waals surface area contributed by atoms with Crippen LogP contribution in [0.4, 0.5) is 0 Å². The summed E-state index contributed by atoms with van der Waals surface area (Å²) in [6, 6.07) is 0. The molecule has 2 aliphatic heterocycles. The summed E-state index contributed by atoms with van der Waals surface area (Å²) in [4.78, 5) is 25.9. The average molecular weight is 320 g/mol. The molecule has 128 valence electrons. The number of nitrogens with zero attached hydrogens (tertiary/aromatic N) is 1. The molecule has 2 amide bonds. The molecule has 1 N–H and O–H groups in total. The van der Waals surface area contributed by atoms with Crippen LogP contribution in [0.1, 0.15) is 51.4 Å². The van der Waals surface area contributed by atoms with E-state index in [1.165, 1.54) is 19.3 Å². The number of nitrogens with one attached hydrogen (secondary N) is 1. The van der Waals surface area contributed by atoms with Crippen LogP contribution in [0.5, 0.6) is 0 Å². The smallest absolute Gasteiger partial charge is 0.225 e. The molecule has 5 heteroatoms. The molecule has 0 aromatic rings. The van der Waals surface area contributed by atoms with Crippen LogP contribution in [0.3, 0.4) is 0 Å². The van der Waals surface area contributed by atoms with Gasteiger partial charge in [0.1, 0.15) is 5.60 Å². The summed E-state index contributed by atoms with van der Waals surface area (Å²) in [7, 11) is 0. The van der Waals surface area contributed by atoms with E-state index in [0.29, 0.717) is 30.1 Å². The molecule has 4 fully saturated rings. The van der Waals surface area contributed by atoms with Crippen molar-refractivity contribution in [1.29, 1.82) is 0 Å². The number of hydrogen-bond donors (Lipinski definition) is 1. The van der Waals surface area contributed by atoms with Gasteiger partial charge < -0.3 is 15.0 Å². The Balaban J connectivity index is 1.15. The summed E-state index contributed by atoms with van der Waals surface area (Å²) < 4.78 is 6.11. The number of likely N-dealkylation sites (tertiary alicyclic amines) is 1. The van der Waals surface area contributed by atoms with Gasteiger partial charge in [0.15, 0.2) is 0 Å². The molecule has 0 radical (unpaired) electrons. The fraction of sp³-hybridized carbons (Fsp3) is 0.889. The highest BCUT2D eigenvalue weighted by atomic mass is 16.5. The van der Waals surface area contributed by atoms with Gasteiger partial charge in [-0.15, -0.1) is 0 Å². The summed E-state index contributed by atoms with van der Waals surface area (Å²) in [6.45, 7) is 3.02.